The number of nitrogens with zero attached hydrogens (tertiary/aromatic N) is 1. The molecule has 0 aliphatic heterocycles. The Morgan fingerprint density at radius 1 is 0.724 bits per heavy atom. The van der Waals surface area contributed by atoms with Crippen LogP contribution in [-0.2, 0) is 9.84 Å². The van der Waals surface area contributed by atoms with Crippen molar-refractivity contribution in [2.24, 2.45) is 0 Å². The van der Waals surface area contributed by atoms with E-state index in [1.54, 1.807) is 24.3 Å². The molecule has 4 heteroatoms. The normalized spacial score (nSPS) is 13.7. The summed E-state index contributed by atoms with van der Waals surface area (Å²) in [7, 11) is -3.62. The van der Waals surface area contributed by atoms with Crippen molar-refractivity contribution in [1.29, 1.82) is 0 Å². The number of para-hydroxylation sites is 2. The third-order valence-corrected chi connectivity index (χ3v) is 6.85. The Kier molecular flexibility index (Phi) is 3.94. The van der Waals surface area contributed by atoms with Gasteiger partial charge in [0.25, 0.3) is 0 Å². The summed E-state index contributed by atoms with van der Waals surface area (Å²) in [5.74, 6) is 0. The van der Waals surface area contributed by atoms with Crippen LogP contribution in [0.3, 0.4) is 0 Å². The minimum atomic E-state index is -3.62. The van der Waals surface area contributed by atoms with E-state index in [0.717, 1.165) is 22.3 Å². The van der Waals surface area contributed by atoms with Crippen molar-refractivity contribution in [2.45, 2.75) is 11.8 Å². The molecule has 5 rings (SSSR count). The minimum Gasteiger partial charge on any atom is -0.309 e. The van der Waals surface area contributed by atoms with Gasteiger partial charge in [0.15, 0.2) is 0 Å². The van der Waals surface area contributed by atoms with Crippen molar-refractivity contribution in [2.75, 3.05) is 0 Å². The molecule has 0 N–H and O–H groups in total. The number of allylic oxidation sites excluding steroid dienone is 3. The highest BCUT2D eigenvalue weighted by Gasteiger charge is 2.20. The molecule has 29 heavy (non-hydrogen) atoms. The van der Waals surface area contributed by atoms with Gasteiger partial charge in [0.05, 0.1) is 15.9 Å². The van der Waals surface area contributed by atoms with Gasteiger partial charge in [0.2, 0.25) is 9.84 Å². The topological polar surface area (TPSA) is 39.1 Å². The Bertz CT molecular complexity index is 1470. The molecule has 1 heterocycles. The van der Waals surface area contributed by atoms with Gasteiger partial charge in [-0.15, -0.1) is 0 Å². The first-order valence-electron chi connectivity index (χ1n) is 9.30. The Morgan fingerprint density at radius 3 is 1.86 bits per heavy atom. The first-order valence-corrected chi connectivity index (χ1v) is 10.8. The van der Waals surface area contributed by atoms with E-state index in [0.29, 0.717) is 0 Å². The van der Waals surface area contributed by atoms with Crippen LogP contribution in [0.4, 0.5) is 0 Å². The zero-order valence-electron chi connectivity index (χ0n) is 15.8. The maximum Gasteiger partial charge on any atom is 0.214 e. The molecule has 0 spiro atoms. The number of benzene rings is 3. The van der Waals surface area contributed by atoms with Crippen molar-refractivity contribution in [3.8, 4) is 5.69 Å². The van der Waals surface area contributed by atoms with Crippen LogP contribution in [-0.4, -0.2) is 13.0 Å². The smallest absolute Gasteiger partial charge is 0.214 e. The van der Waals surface area contributed by atoms with Gasteiger partial charge in [-0.1, -0.05) is 42.1 Å². The molecule has 0 saturated heterocycles. The van der Waals surface area contributed by atoms with E-state index in [1.165, 1.54) is 10.8 Å². The van der Waals surface area contributed by atoms with Gasteiger partial charge in [0.1, 0.15) is 4.91 Å². The maximum atomic E-state index is 12.9. The van der Waals surface area contributed by atoms with Gasteiger partial charge in [-0.25, -0.2) is 8.42 Å². The van der Waals surface area contributed by atoms with Crippen LogP contribution in [0.25, 0.3) is 27.5 Å². The average Bonchev–Trinajstić information content (AvgIpc) is 3.09. The standard InChI is InChI=1S/C25H17NO2S/c1-18-10-14-20(15-11-18)29(27,28)21-16-12-19(13-17-21)26-24-8-4-2-6-22(24)23-7-3-5-9-25(23)26/h2-10,12-14,16-17H,1H3. The number of hydrogen-bond donors (Lipinski definition) is 0. The summed E-state index contributed by atoms with van der Waals surface area (Å²) in [6, 6.07) is 23.5. The van der Waals surface area contributed by atoms with Crippen molar-refractivity contribution < 1.29 is 8.42 Å². The molecule has 0 unspecified atom stereocenters. The highest BCUT2D eigenvalue weighted by Crippen LogP contribution is 2.32. The summed E-state index contributed by atoms with van der Waals surface area (Å²) in [4.78, 5) is 0.378. The van der Waals surface area contributed by atoms with E-state index < -0.39 is 9.84 Å². The van der Waals surface area contributed by atoms with Crippen LogP contribution in [0, 0.1) is 0 Å². The fourth-order valence-corrected chi connectivity index (χ4v) is 4.88. The van der Waals surface area contributed by atoms with E-state index >= 15 is 0 Å². The lowest BCUT2D eigenvalue weighted by Crippen LogP contribution is -2.04. The number of rotatable bonds is 3. The summed E-state index contributed by atoms with van der Waals surface area (Å²) in [5, 5.41) is 2.34. The zero-order valence-corrected chi connectivity index (χ0v) is 16.6. The lowest BCUT2D eigenvalue weighted by Gasteiger charge is -2.10. The van der Waals surface area contributed by atoms with Crippen LogP contribution in [0.15, 0.2) is 112 Å². The van der Waals surface area contributed by atoms with Gasteiger partial charge in [-0.05, 0) is 66.8 Å². The first kappa shape index (κ1) is 17.5. The summed E-state index contributed by atoms with van der Waals surface area (Å²) < 4.78 is 28.0. The molecule has 1 aromatic heterocycles. The first-order chi connectivity index (χ1) is 14.1. The molecule has 0 bridgehead atoms. The Balaban J connectivity index is 1.67. The minimum absolute atomic E-state index is 0.132. The van der Waals surface area contributed by atoms with Crippen molar-refractivity contribution >= 4 is 31.6 Å². The average molecular weight is 395 g/mol. The second kappa shape index (κ2) is 6.51. The molecular formula is C25H17NO2S. The lowest BCUT2D eigenvalue weighted by atomic mass is 10.2. The molecule has 3 aromatic carbocycles. The molecule has 0 radical (unpaired) electrons. The molecule has 0 atom stereocenters. The van der Waals surface area contributed by atoms with Crippen LogP contribution >= 0.6 is 0 Å². The van der Waals surface area contributed by atoms with Crippen LogP contribution in [0.5, 0.6) is 0 Å². The van der Waals surface area contributed by atoms with E-state index in [4.69, 9.17) is 0 Å². The van der Waals surface area contributed by atoms with Gasteiger partial charge in [-0.2, -0.15) is 0 Å². The second-order valence-electron chi connectivity index (χ2n) is 7.00. The van der Waals surface area contributed by atoms with Gasteiger partial charge in [0, 0.05) is 16.5 Å². The maximum absolute atomic E-state index is 12.9. The molecule has 0 saturated carbocycles. The summed E-state index contributed by atoms with van der Waals surface area (Å²) in [6.07, 6.45) is 3.30. The number of fused-ring (bicyclic) bond motifs is 3. The summed E-state index contributed by atoms with van der Waals surface area (Å²) in [5.41, 5.74) is 9.54. The third-order valence-electron chi connectivity index (χ3n) is 5.14. The van der Waals surface area contributed by atoms with Crippen LogP contribution in [0.1, 0.15) is 6.92 Å². The molecular weight excluding hydrogens is 378 g/mol. The fraction of sp³-hybridized carbons (Fsp3) is 0.0400. The second-order valence-corrected chi connectivity index (χ2v) is 8.92. The Hall–Kier alpha value is -3.55. The third kappa shape index (κ3) is 2.79. The van der Waals surface area contributed by atoms with Crippen molar-refractivity contribution in [1.82, 2.24) is 4.57 Å². The molecule has 3 nitrogen and oxygen atoms in total. The number of aromatic nitrogens is 1. The molecule has 1 aliphatic carbocycles. The Labute approximate surface area is 169 Å². The summed E-state index contributed by atoms with van der Waals surface area (Å²) in [6.45, 7) is 1.85. The lowest BCUT2D eigenvalue weighted by molar-refractivity contribution is 0.603. The van der Waals surface area contributed by atoms with E-state index in [9.17, 15) is 8.42 Å². The number of sulfone groups is 1. The predicted molar refractivity (Wildman–Crippen MR) is 117 cm³/mol. The van der Waals surface area contributed by atoms with E-state index in [-0.39, 0.29) is 9.80 Å². The number of hydrogen-bond acceptors (Lipinski definition) is 2. The molecule has 0 fully saturated rings. The van der Waals surface area contributed by atoms with Crippen molar-refractivity contribution in [3.63, 3.8) is 0 Å². The quantitative estimate of drug-likeness (QED) is 0.417. The summed E-state index contributed by atoms with van der Waals surface area (Å²) >= 11 is 0. The monoisotopic (exact) mass is 395 g/mol. The molecule has 1 aliphatic rings. The van der Waals surface area contributed by atoms with E-state index in [2.05, 4.69) is 40.3 Å². The van der Waals surface area contributed by atoms with E-state index in [1.807, 2.05) is 43.3 Å². The largest absolute Gasteiger partial charge is 0.309 e. The highest BCUT2D eigenvalue weighted by molar-refractivity contribution is 7.95. The molecule has 0 amide bonds. The van der Waals surface area contributed by atoms with Crippen molar-refractivity contribution in [3.05, 3.63) is 107 Å². The fourth-order valence-electron chi connectivity index (χ4n) is 3.70. The van der Waals surface area contributed by atoms with Crippen LogP contribution < -0.4 is 0 Å². The van der Waals surface area contributed by atoms with Crippen LogP contribution in [0.2, 0.25) is 0 Å². The molecule has 140 valence electrons. The molecule has 4 aromatic rings. The highest BCUT2D eigenvalue weighted by atomic mass is 32.2. The van der Waals surface area contributed by atoms with Gasteiger partial charge >= 0.3 is 0 Å². The van der Waals surface area contributed by atoms with Gasteiger partial charge < -0.3 is 4.57 Å². The Morgan fingerprint density at radius 2 is 1.31 bits per heavy atom. The SMILES string of the molecule is CC1=C=C=C(S(=O)(=O)c2ccc(-n3c4ccccc4c4ccccc43)cc2)C=C1. The predicted octanol–water partition coefficient (Wildman–Crippen LogP) is 5.71. The zero-order chi connectivity index (χ0) is 20.0. The van der Waals surface area contributed by atoms with Gasteiger partial charge in [-0.3, -0.25) is 0 Å².